The predicted octanol–water partition coefficient (Wildman–Crippen LogP) is 2.07. The van der Waals surface area contributed by atoms with E-state index in [0.717, 1.165) is 25.7 Å². The summed E-state index contributed by atoms with van der Waals surface area (Å²) in [6, 6.07) is 3.94. The third kappa shape index (κ3) is 4.83. The number of benzene rings is 1. The summed E-state index contributed by atoms with van der Waals surface area (Å²) in [6.45, 7) is 0.194. The zero-order chi connectivity index (χ0) is 12.7. The van der Waals surface area contributed by atoms with Crippen LogP contribution < -0.4 is 5.73 Å². The van der Waals surface area contributed by atoms with Crippen LogP contribution in [0.3, 0.4) is 0 Å². The van der Waals surface area contributed by atoms with E-state index < -0.39 is 16.6 Å². The molecular formula is C12H18FNO2S. The lowest BCUT2D eigenvalue weighted by Gasteiger charge is -2.05. The number of aliphatic hydroxyl groups excluding tert-OH is 1. The Morgan fingerprint density at radius 1 is 1.24 bits per heavy atom. The van der Waals surface area contributed by atoms with Crippen LogP contribution in [0.2, 0.25) is 0 Å². The van der Waals surface area contributed by atoms with E-state index in [9.17, 15) is 8.60 Å². The van der Waals surface area contributed by atoms with Gasteiger partial charge >= 0.3 is 0 Å². The van der Waals surface area contributed by atoms with Crippen molar-refractivity contribution in [1.29, 1.82) is 0 Å². The van der Waals surface area contributed by atoms with Crippen molar-refractivity contribution in [2.24, 2.45) is 0 Å². The van der Waals surface area contributed by atoms with Gasteiger partial charge < -0.3 is 10.8 Å². The lowest BCUT2D eigenvalue weighted by molar-refractivity contribution is 0.283. The van der Waals surface area contributed by atoms with Crippen LogP contribution in [0.5, 0.6) is 0 Å². The third-order valence-electron chi connectivity index (χ3n) is 2.46. The van der Waals surface area contributed by atoms with Crippen LogP contribution in [-0.4, -0.2) is 21.7 Å². The Kier molecular flexibility index (Phi) is 6.15. The van der Waals surface area contributed by atoms with E-state index in [-0.39, 0.29) is 6.61 Å². The second-order valence-electron chi connectivity index (χ2n) is 3.87. The third-order valence-corrected chi connectivity index (χ3v) is 3.96. The Morgan fingerprint density at radius 3 is 2.65 bits per heavy atom. The fourth-order valence-electron chi connectivity index (χ4n) is 1.51. The molecule has 1 aromatic rings. The van der Waals surface area contributed by atoms with Gasteiger partial charge in [0.1, 0.15) is 5.82 Å². The molecule has 0 aromatic heterocycles. The van der Waals surface area contributed by atoms with Gasteiger partial charge in [0.2, 0.25) is 0 Å². The highest BCUT2D eigenvalue weighted by Gasteiger charge is 2.08. The SMILES string of the molecule is Nc1ccc(F)cc1S(=O)CCCCCCO. The average molecular weight is 259 g/mol. The topological polar surface area (TPSA) is 63.3 Å². The molecule has 0 aliphatic rings. The number of halogens is 1. The van der Waals surface area contributed by atoms with Crippen molar-refractivity contribution in [2.45, 2.75) is 30.6 Å². The summed E-state index contributed by atoms with van der Waals surface area (Å²) in [5.74, 6) is 0.0712. The van der Waals surface area contributed by atoms with E-state index in [4.69, 9.17) is 10.8 Å². The maximum absolute atomic E-state index is 13.0. The molecule has 17 heavy (non-hydrogen) atoms. The van der Waals surface area contributed by atoms with Crippen molar-refractivity contribution in [3.63, 3.8) is 0 Å². The van der Waals surface area contributed by atoms with Crippen LogP contribution in [-0.2, 0) is 10.8 Å². The number of nitrogen functional groups attached to an aromatic ring is 1. The number of nitrogens with two attached hydrogens (primary N) is 1. The minimum atomic E-state index is -1.24. The van der Waals surface area contributed by atoms with Crippen LogP contribution in [0.4, 0.5) is 10.1 Å². The fraction of sp³-hybridized carbons (Fsp3) is 0.500. The van der Waals surface area contributed by atoms with E-state index in [1.807, 2.05) is 0 Å². The summed E-state index contributed by atoms with van der Waals surface area (Å²) in [4.78, 5) is 0.382. The van der Waals surface area contributed by atoms with Crippen molar-refractivity contribution in [3.05, 3.63) is 24.0 Å². The van der Waals surface area contributed by atoms with E-state index in [1.54, 1.807) is 0 Å². The Hall–Kier alpha value is -0.940. The molecule has 0 aliphatic heterocycles. The summed E-state index contributed by atoms with van der Waals surface area (Å²) in [5, 5.41) is 8.60. The molecule has 0 bridgehead atoms. The number of unbranched alkanes of at least 4 members (excludes halogenated alkanes) is 3. The van der Waals surface area contributed by atoms with Crippen LogP contribution >= 0.6 is 0 Å². The molecule has 0 saturated heterocycles. The molecule has 0 fully saturated rings. The standard InChI is InChI=1S/C12H18FNO2S/c13-10-5-6-11(14)12(9-10)17(16)8-4-2-1-3-7-15/h5-6,9,15H,1-4,7-8,14H2. The Morgan fingerprint density at radius 2 is 1.94 bits per heavy atom. The average Bonchev–Trinajstić information content (AvgIpc) is 2.32. The van der Waals surface area contributed by atoms with Crippen molar-refractivity contribution < 1.29 is 13.7 Å². The first-order chi connectivity index (χ1) is 8.15. The molecule has 0 amide bonds. The zero-order valence-corrected chi connectivity index (χ0v) is 10.5. The highest BCUT2D eigenvalue weighted by atomic mass is 32.2. The minimum absolute atomic E-state index is 0.194. The molecule has 0 spiro atoms. The Labute approximate surface area is 103 Å². The number of hydrogen-bond donors (Lipinski definition) is 2. The van der Waals surface area contributed by atoms with Gasteiger partial charge in [0, 0.05) is 18.0 Å². The first kappa shape index (κ1) is 14.1. The van der Waals surface area contributed by atoms with Gasteiger partial charge in [-0.05, 0) is 31.0 Å². The summed E-state index contributed by atoms with van der Waals surface area (Å²) in [6.07, 6.45) is 3.41. The van der Waals surface area contributed by atoms with Crippen molar-refractivity contribution in [2.75, 3.05) is 18.1 Å². The Bertz CT molecular complexity index is 385. The molecule has 3 N–H and O–H groups in total. The number of aliphatic hydroxyl groups is 1. The molecule has 0 aliphatic carbocycles. The molecule has 5 heteroatoms. The highest BCUT2D eigenvalue weighted by molar-refractivity contribution is 7.85. The second-order valence-corrected chi connectivity index (χ2v) is 5.41. The van der Waals surface area contributed by atoms with Crippen LogP contribution in [0.15, 0.2) is 23.1 Å². The predicted molar refractivity (Wildman–Crippen MR) is 67.6 cm³/mol. The number of hydrogen-bond acceptors (Lipinski definition) is 3. The Balaban J connectivity index is 2.44. The van der Waals surface area contributed by atoms with E-state index in [1.165, 1.54) is 18.2 Å². The summed E-state index contributed by atoms with van der Waals surface area (Å²) in [5.41, 5.74) is 6.02. The first-order valence-corrected chi connectivity index (χ1v) is 7.01. The molecule has 96 valence electrons. The van der Waals surface area contributed by atoms with Crippen LogP contribution in [0, 0.1) is 5.82 Å². The van der Waals surface area contributed by atoms with Gasteiger partial charge in [0.15, 0.2) is 0 Å². The largest absolute Gasteiger partial charge is 0.398 e. The summed E-state index contributed by atoms with van der Waals surface area (Å²) in [7, 11) is -1.24. The van der Waals surface area contributed by atoms with Crippen molar-refractivity contribution in [1.82, 2.24) is 0 Å². The van der Waals surface area contributed by atoms with E-state index >= 15 is 0 Å². The van der Waals surface area contributed by atoms with Gasteiger partial charge in [0.25, 0.3) is 0 Å². The minimum Gasteiger partial charge on any atom is -0.398 e. The van der Waals surface area contributed by atoms with Gasteiger partial charge in [-0.15, -0.1) is 0 Å². The number of anilines is 1. The maximum atomic E-state index is 13.0. The van der Waals surface area contributed by atoms with Gasteiger partial charge in [0.05, 0.1) is 15.7 Å². The van der Waals surface area contributed by atoms with Gasteiger partial charge in [-0.25, -0.2) is 4.39 Å². The number of rotatable bonds is 7. The smallest absolute Gasteiger partial charge is 0.124 e. The zero-order valence-electron chi connectivity index (χ0n) is 9.69. The normalized spacial score (nSPS) is 12.6. The van der Waals surface area contributed by atoms with Gasteiger partial charge in [-0.1, -0.05) is 12.8 Å². The van der Waals surface area contributed by atoms with Crippen molar-refractivity contribution in [3.8, 4) is 0 Å². The van der Waals surface area contributed by atoms with Crippen LogP contribution in [0.1, 0.15) is 25.7 Å². The van der Waals surface area contributed by atoms with E-state index in [2.05, 4.69) is 0 Å². The van der Waals surface area contributed by atoms with Gasteiger partial charge in [-0.3, -0.25) is 4.21 Å². The molecular weight excluding hydrogens is 241 g/mol. The lowest BCUT2D eigenvalue weighted by atomic mass is 10.2. The molecule has 3 nitrogen and oxygen atoms in total. The summed E-state index contributed by atoms with van der Waals surface area (Å²) >= 11 is 0. The first-order valence-electron chi connectivity index (χ1n) is 5.69. The molecule has 1 rings (SSSR count). The van der Waals surface area contributed by atoms with Crippen LogP contribution in [0.25, 0.3) is 0 Å². The monoisotopic (exact) mass is 259 g/mol. The summed E-state index contributed by atoms with van der Waals surface area (Å²) < 4.78 is 24.8. The molecule has 1 aromatic carbocycles. The van der Waals surface area contributed by atoms with Gasteiger partial charge in [-0.2, -0.15) is 0 Å². The quantitative estimate of drug-likeness (QED) is 0.582. The maximum Gasteiger partial charge on any atom is 0.124 e. The molecule has 1 unspecified atom stereocenters. The molecule has 0 saturated carbocycles. The molecule has 0 radical (unpaired) electrons. The fourth-order valence-corrected chi connectivity index (χ4v) is 2.78. The highest BCUT2D eigenvalue weighted by Crippen LogP contribution is 2.18. The van der Waals surface area contributed by atoms with Crippen molar-refractivity contribution >= 4 is 16.5 Å². The van der Waals surface area contributed by atoms with E-state index in [0.29, 0.717) is 16.3 Å². The lowest BCUT2D eigenvalue weighted by Crippen LogP contribution is -2.03. The molecule has 1 atom stereocenters. The molecule has 0 heterocycles. The second kappa shape index (κ2) is 7.40.